The molecule has 2 rings (SSSR count). The molecule has 1 unspecified atom stereocenters. The minimum absolute atomic E-state index is 0.0123. The van der Waals surface area contributed by atoms with Crippen molar-refractivity contribution in [2.45, 2.75) is 19.5 Å². The number of hydrogen-bond acceptors (Lipinski definition) is 1. The second-order valence-electron chi connectivity index (χ2n) is 4.45. The van der Waals surface area contributed by atoms with E-state index >= 15 is 0 Å². The van der Waals surface area contributed by atoms with Gasteiger partial charge in [0.15, 0.2) is 0 Å². The van der Waals surface area contributed by atoms with E-state index in [1.54, 1.807) is 6.07 Å². The Morgan fingerprint density at radius 1 is 1.20 bits per heavy atom. The lowest BCUT2D eigenvalue weighted by Crippen LogP contribution is -2.20. The van der Waals surface area contributed by atoms with Crippen LogP contribution in [0.2, 0.25) is 5.02 Å². The first kappa shape index (κ1) is 15.4. The van der Waals surface area contributed by atoms with E-state index < -0.39 is 11.6 Å². The van der Waals surface area contributed by atoms with Crippen molar-refractivity contribution in [2.75, 3.05) is 0 Å². The van der Waals surface area contributed by atoms with Gasteiger partial charge in [0.2, 0.25) is 0 Å². The zero-order valence-electron chi connectivity index (χ0n) is 10.8. The predicted molar refractivity (Wildman–Crippen MR) is 80.8 cm³/mol. The summed E-state index contributed by atoms with van der Waals surface area (Å²) in [5.74, 6) is -1.14. The average Bonchev–Trinajstić information content (AvgIpc) is 2.43. The van der Waals surface area contributed by atoms with Crippen LogP contribution in [0.25, 0.3) is 0 Å². The van der Waals surface area contributed by atoms with Crippen LogP contribution >= 0.6 is 27.5 Å². The van der Waals surface area contributed by atoms with Crippen molar-refractivity contribution in [3.05, 3.63) is 68.7 Å². The molecule has 1 N–H and O–H groups in total. The molecular formula is C15H13BrClF2N. The molecule has 1 atom stereocenters. The molecule has 2 aromatic carbocycles. The number of benzene rings is 2. The van der Waals surface area contributed by atoms with Crippen molar-refractivity contribution < 1.29 is 8.78 Å². The predicted octanol–water partition coefficient (Wildman–Crippen LogP) is 5.23. The average molecular weight is 361 g/mol. The third-order valence-electron chi connectivity index (χ3n) is 3.10. The maximum absolute atomic E-state index is 13.8. The van der Waals surface area contributed by atoms with Crippen molar-refractivity contribution in [1.29, 1.82) is 0 Å². The summed E-state index contributed by atoms with van der Waals surface area (Å²) in [4.78, 5) is 0. The highest BCUT2D eigenvalue weighted by atomic mass is 79.9. The van der Waals surface area contributed by atoms with Crippen molar-refractivity contribution in [3.63, 3.8) is 0 Å². The fourth-order valence-electron chi connectivity index (χ4n) is 1.92. The van der Waals surface area contributed by atoms with Crippen LogP contribution in [0.1, 0.15) is 24.1 Å². The van der Waals surface area contributed by atoms with Crippen LogP contribution in [0.3, 0.4) is 0 Å². The Balaban J connectivity index is 2.14. The normalized spacial score (nSPS) is 12.4. The summed E-state index contributed by atoms with van der Waals surface area (Å²) in [6.07, 6.45) is 0. The Hall–Kier alpha value is -0.970. The Bertz CT molecular complexity index is 619. The molecule has 0 aliphatic rings. The Morgan fingerprint density at radius 2 is 1.90 bits per heavy atom. The molecule has 0 bridgehead atoms. The van der Waals surface area contributed by atoms with Crippen molar-refractivity contribution in [2.24, 2.45) is 0 Å². The fourth-order valence-corrected chi connectivity index (χ4v) is 2.59. The molecule has 1 nitrogen and oxygen atoms in total. The maximum Gasteiger partial charge on any atom is 0.144 e. The van der Waals surface area contributed by atoms with Gasteiger partial charge in [0, 0.05) is 23.2 Å². The maximum atomic E-state index is 13.8. The standard InChI is InChI=1S/C15H13BrClF2N/c1-9(10-4-2-3-5-13(10)17)20-8-11-14(18)7-6-12(16)15(11)19/h2-7,9,20H,8H2,1H3. The lowest BCUT2D eigenvalue weighted by molar-refractivity contribution is 0.507. The first-order chi connectivity index (χ1) is 9.50. The quantitative estimate of drug-likeness (QED) is 0.736. The van der Waals surface area contributed by atoms with E-state index in [4.69, 9.17) is 11.6 Å². The van der Waals surface area contributed by atoms with E-state index in [2.05, 4.69) is 21.2 Å². The molecule has 2 aromatic rings. The molecule has 0 amide bonds. The highest BCUT2D eigenvalue weighted by molar-refractivity contribution is 9.10. The van der Waals surface area contributed by atoms with Gasteiger partial charge < -0.3 is 5.32 Å². The summed E-state index contributed by atoms with van der Waals surface area (Å²) in [5.41, 5.74) is 0.906. The van der Waals surface area contributed by atoms with Gasteiger partial charge in [-0.05, 0) is 46.6 Å². The number of hydrogen-bond donors (Lipinski definition) is 1. The van der Waals surface area contributed by atoms with Crippen LogP contribution in [0.5, 0.6) is 0 Å². The van der Waals surface area contributed by atoms with Crippen LogP contribution < -0.4 is 5.32 Å². The summed E-state index contributed by atoms with van der Waals surface area (Å²) in [5, 5.41) is 3.71. The van der Waals surface area contributed by atoms with Crippen molar-refractivity contribution in [1.82, 2.24) is 5.32 Å². The molecule has 0 radical (unpaired) electrons. The van der Waals surface area contributed by atoms with Crippen LogP contribution in [-0.2, 0) is 6.54 Å². The van der Waals surface area contributed by atoms with E-state index in [0.29, 0.717) is 5.02 Å². The molecule has 106 valence electrons. The highest BCUT2D eigenvalue weighted by Crippen LogP contribution is 2.25. The van der Waals surface area contributed by atoms with Crippen LogP contribution in [0.15, 0.2) is 40.9 Å². The van der Waals surface area contributed by atoms with Crippen LogP contribution in [0, 0.1) is 11.6 Å². The minimum atomic E-state index is -0.580. The number of halogens is 4. The Morgan fingerprint density at radius 3 is 2.60 bits per heavy atom. The Labute approximate surface area is 130 Å². The van der Waals surface area contributed by atoms with Crippen molar-refractivity contribution >= 4 is 27.5 Å². The first-order valence-electron chi connectivity index (χ1n) is 6.11. The second kappa shape index (κ2) is 6.66. The molecule has 0 saturated heterocycles. The molecule has 5 heteroatoms. The minimum Gasteiger partial charge on any atom is -0.306 e. The van der Waals surface area contributed by atoms with Gasteiger partial charge in [0.1, 0.15) is 11.6 Å². The molecule has 0 aliphatic carbocycles. The number of nitrogens with one attached hydrogen (secondary N) is 1. The molecular weight excluding hydrogens is 348 g/mol. The first-order valence-corrected chi connectivity index (χ1v) is 7.28. The zero-order valence-corrected chi connectivity index (χ0v) is 13.1. The topological polar surface area (TPSA) is 12.0 Å². The van der Waals surface area contributed by atoms with E-state index in [1.165, 1.54) is 12.1 Å². The number of rotatable bonds is 4. The summed E-state index contributed by atoms with van der Waals surface area (Å²) in [6.45, 7) is 1.98. The molecule has 20 heavy (non-hydrogen) atoms. The molecule has 0 aromatic heterocycles. The van der Waals surface area contributed by atoms with E-state index in [-0.39, 0.29) is 22.6 Å². The van der Waals surface area contributed by atoms with E-state index in [9.17, 15) is 8.78 Å². The van der Waals surface area contributed by atoms with Gasteiger partial charge >= 0.3 is 0 Å². The van der Waals surface area contributed by atoms with Gasteiger partial charge in [-0.3, -0.25) is 0 Å². The smallest absolute Gasteiger partial charge is 0.144 e. The summed E-state index contributed by atoms with van der Waals surface area (Å²) in [6, 6.07) is 9.87. The third kappa shape index (κ3) is 3.37. The van der Waals surface area contributed by atoms with Gasteiger partial charge in [-0.25, -0.2) is 8.78 Å². The molecule has 0 heterocycles. The molecule has 0 spiro atoms. The monoisotopic (exact) mass is 359 g/mol. The van der Waals surface area contributed by atoms with Gasteiger partial charge in [-0.15, -0.1) is 0 Å². The van der Waals surface area contributed by atoms with Crippen LogP contribution in [0.4, 0.5) is 8.78 Å². The Kier molecular flexibility index (Phi) is 5.13. The summed E-state index contributed by atoms with van der Waals surface area (Å²) in [7, 11) is 0. The SMILES string of the molecule is CC(NCc1c(F)ccc(Br)c1F)c1ccccc1Cl. The molecule has 0 aliphatic heterocycles. The zero-order chi connectivity index (χ0) is 14.7. The fraction of sp³-hybridized carbons (Fsp3) is 0.200. The lowest BCUT2D eigenvalue weighted by Gasteiger charge is -2.16. The highest BCUT2D eigenvalue weighted by Gasteiger charge is 2.14. The third-order valence-corrected chi connectivity index (χ3v) is 4.05. The molecule has 0 saturated carbocycles. The largest absolute Gasteiger partial charge is 0.306 e. The van der Waals surface area contributed by atoms with Gasteiger partial charge in [0.25, 0.3) is 0 Å². The molecule has 0 fully saturated rings. The van der Waals surface area contributed by atoms with Gasteiger partial charge in [0.05, 0.1) is 4.47 Å². The second-order valence-corrected chi connectivity index (χ2v) is 5.71. The van der Waals surface area contributed by atoms with E-state index in [1.807, 2.05) is 25.1 Å². The van der Waals surface area contributed by atoms with E-state index in [0.717, 1.165) is 5.56 Å². The lowest BCUT2D eigenvalue weighted by atomic mass is 10.1. The van der Waals surface area contributed by atoms with Crippen molar-refractivity contribution in [3.8, 4) is 0 Å². The van der Waals surface area contributed by atoms with Gasteiger partial charge in [-0.1, -0.05) is 29.8 Å². The van der Waals surface area contributed by atoms with Crippen LogP contribution in [-0.4, -0.2) is 0 Å². The van der Waals surface area contributed by atoms with Gasteiger partial charge in [-0.2, -0.15) is 0 Å². The summed E-state index contributed by atoms with van der Waals surface area (Å²) < 4.78 is 27.7. The summed E-state index contributed by atoms with van der Waals surface area (Å²) >= 11 is 9.15.